The number of ether oxygens (including phenoxy) is 1. The Hall–Kier alpha value is -3.20. The van der Waals surface area contributed by atoms with Crippen LogP contribution in [-0.4, -0.2) is 41.0 Å². The van der Waals surface area contributed by atoms with Gasteiger partial charge in [-0.05, 0) is 91.8 Å². The molecule has 1 fully saturated rings. The second-order valence-electron chi connectivity index (χ2n) is 8.34. The van der Waals surface area contributed by atoms with Gasteiger partial charge in [-0.2, -0.15) is 0 Å². The summed E-state index contributed by atoms with van der Waals surface area (Å²) in [7, 11) is 0. The number of thiocarbonyl (C=S) groups is 1. The largest absolute Gasteiger partial charge is 0.494 e. The number of benzene rings is 3. The maximum absolute atomic E-state index is 13.5. The lowest BCUT2D eigenvalue weighted by atomic mass is 10.1. The lowest BCUT2D eigenvalue weighted by molar-refractivity contribution is -0.124. The van der Waals surface area contributed by atoms with Crippen molar-refractivity contribution in [3.8, 4) is 5.75 Å². The first-order valence-corrected chi connectivity index (χ1v) is 12.8. The second kappa shape index (κ2) is 11.9. The molecule has 3 aromatic carbocycles. The molecule has 6 nitrogen and oxygen atoms in total. The van der Waals surface area contributed by atoms with Crippen LogP contribution in [0, 0.1) is 5.82 Å². The smallest absolute Gasteiger partial charge is 0.256 e. The van der Waals surface area contributed by atoms with Gasteiger partial charge < -0.3 is 15.0 Å². The van der Waals surface area contributed by atoms with E-state index < -0.39 is 11.9 Å². The molecular weight excluding hydrogens is 536 g/mol. The molecule has 0 aromatic heterocycles. The number of nitrogens with one attached hydrogen (secondary N) is 1. The molecule has 0 bridgehead atoms. The van der Waals surface area contributed by atoms with Gasteiger partial charge in [0.2, 0.25) is 5.91 Å². The van der Waals surface area contributed by atoms with Gasteiger partial charge in [0, 0.05) is 22.3 Å². The average Bonchev–Trinajstić information content (AvgIpc) is 3.09. The molecule has 0 spiro atoms. The summed E-state index contributed by atoms with van der Waals surface area (Å²) in [5.74, 6) is -0.443. The van der Waals surface area contributed by atoms with Crippen LogP contribution in [0.5, 0.6) is 5.75 Å². The third kappa shape index (κ3) is 6.39. The van der Waals surface area contributed by atoms with Gasteiger partial charge in [-0.3, -0.25) is 14.5 Å². The molecule has 3 aromatic rings. The first-order valence-electron chi connectivity index (χ1n) is 11.6. The van der Waals surface area contributed by atoms with Crippen molar-refractivity contribution in [2.45, 2.75) is 25.8 Å². The SMILES string of the molecule is CCOc1ccc(NC(=O)C[C@H]2C(=O)N(c3ccc(F)cc3)C(=S)N2CCc2ccc(Cl)cc2Cl)cc1. The molecule has 0 unspecified atom stereocenters. The topological polar surface area (TPSA) is 61.9 Å². The van der Waals surface area contributed by atoms with Crippen molar-refractivity contribution in [1.29, 1.82) is 0 Å². The minimum Gasteiger partial charge on any atom is -0.494 e. The molecule has 1 N–H and O–H groups in total. The summed E-state index contributed by atoms with van der Waals surface area (Å²) < 4.78 is 18.9. The number of carbonyl (C=O) groups excluding carboxylic acids is 2. The second-order valence-corrected chi connectivity index (χ2v) is 9.55. The van der Waals surface area contributed by atoms with E-state index >= 15 is 0 Å². The van der Waals surface area contributed by atoms with E-state index in [1.165, 1.54) is 29.2 Å². The maximum Gasteiger partial charge on any atom is 0.256 e. The van der Waals surface area contributed by atoms with Gasteiger partial charge in [-0.1, -0.05) is 29.3 Å². The molecule has 0 aliphatic carbocycles. The van der Waals surface area contributed by atoms with Gasteiger partial charge in [0.15, 0.2) is 5.11 Å². The number of amides is 2. The van der Waals surface area contributed by atoms with Crippen LogP contribution in [0.25, 0.3) is 0 Å². The maximum atomic E-state index is 13.5. The van der Waals surface area contributed by atoms with Gasteiger partial charge in [-0.15, -0.1) is 0 Å². The van der Waals surface area contributed by atoms with Crippen LogP contribution in [0.2, 0.25) is 10.0 Å². The molecule has 37 heavy (non-hydrogen) atoms. The Labute approximate surface area is 229 Å². The van der Waals surface area contributed by atoms with Crippen LogP contribution in [0.15, 0.2) is 66.7 Å². The molecule has 192 valence electrons. The predicted molar refractivity (Wildman–Crippen MR) is 148 cm³/mol. The highest BCUT2D eigenvalue weighted by molar-refractivity contribution is 7.80. The molecule has 1 heterocycles. The van der Waals surface area contributed by atoms with Crippen LogP contribution in [0.1, 0.15) is 18.9 Å². The summed E-state index contributed by atoms with van der Waals surface area (Å²) in [5, 5.41) is 4.09. The minimum absolute atomic E-state index is 0.127. The van der Waals surface area contributed by atoms with E-state index in [0.29, 0.717) is 46.7 Å². The van der Waals surface area contributed by atoms with Crippen molar-refractivity contribution in [2.24, 2.45) is 0 Å². The van der Waals surface area contributed by atoms with Crippen molar-refractivity contribution >= 4 is 63.7 Å². The molecule has 2 amide bonds. The Kier molecular flexibility index (Phi) is 8.63. The number of halogens is 3. The molecule has 1 aliphatic rings. The Bertz CT molecular complexity index is 1310. The standard InChI is InChI=1S/C27H24Cl2FN3O3S/c1-2-36-22-11-7-20(8-12-22)31-25(34)16-24-26(35)33(21-9-5-19(30)6-10-21)27(37)32(24)14-13-17-3-4-18(28)15-23(17)29/h3-12,15,24H,2,13-14,16H2,1H3,(H,31,34)/t24-/m0/s1. The van der Waals surface area contributed by atoms with E-state index in [-0.39, 0.29) is 23.3 Å². The summed E-state index contributed by atoms with van der Waals surface area (Å²) in [6, 6.07) is 16.8. The highest BCUT2D eigenvalue weighted by Gasteiger charge is 2.44. The van der Waals surface area contributed by atoms with Crippen LogP contribution in [0.3, 0.4) is 0 Å². The zero-order chi connectivity index (χ0) is 26.5. The summed E-state index contributed by atoms with van der Waals surface area (Å²) in [6.45, 7) is 2.77. The van der Waals surface area contributed by atoms with Gasteiger partial charge in [0.25, 0.3) is 5.91 Å². The van der Waals surface area contributed by atoms with Crippen molar-refractivity contribution in [1.82, 2.24) is 4.90 Å². The minimum atomic E-state index is -0.841. The fourth-order valence-corrected chi connectivity index (χ4v) is 4.99. The molecule has 0 radical (unpaired) electrons. The Morgan fingerprint density at radius 1 is 1.08 bits per heavy atom. The van der Waals surface area contributed by atoms with E-state index in [2.05, 4.69) is 5.32 Å². The first kappa shape index (κ1) is 26.9. The first-order chi connectivity index (χ1) is 17.8. The van der Waals surface area contributed by atoms with Crippen LogP contribution in [0.4, 0.5) is 15.8 Å². The molecule has 1 saturated heterocycles. The van der Waals surface area contributed by atoms with Gasteiger partial charge in [0.1, 0.15) is 17.6 Å². The molecule has 4 rings (SSSR count). The van der Waals surface area contributed by atoms with Crippen LogP contribution >= 0.6 is 35.4 Å². The van der Waals surface area contributed by atoms with Crippen molar-refractivity contribution < 1.29 is 18.7 Å². The van der Waals surface area contributed by atoms with Crippen LogP contribution in [-0.2, 0) is 16.0 Å². The Morgan fingerprint density at radius 2 is 1.78 bits per heavy atom. The number of nitrogens with zero attached hydrogens (tertiary/aromatic N) is 2. The molecule has 1 atom stereocenters. The number of anilines is 2. The lowest BCUT2D eigenvalue weighted by Crippen LogP contribution is -2.39. The van der Waals surface area contributed by atoms with E-state index in [1.807, 2.05) is 13.0 Å². The molecular formula is C27H24Cl2FN3O3S. The lowest BCUT2D eigenvalue weighted by Gasteiger charge is -2.24. The van der Waals surface area contributed by atoms with Crippen LogP contribution < -0.4 is 15.0 Å². The summed E-state index contributed by atoms with van der Waals surface area (Å²) >= 11 is 18.0. The van der Waals surface area contributed by atoms with E-state index in [1.54, 1.807) is 41.3 Å². The molecule has 0 saturated carbocycles. The normalized spacial score (nSPS) is 15.3. The van der Waals surface area contributed by atoms with E-state index in [4.69, 9.17) is 40.2 Å². The molecule has 10 heteroatoms. The summed E-state index contributed by atoms with van der Waals surface area (Å²) in [5.41, 5.74) is 1.84. The van der Waals surface area contributed by atoms with Crippen molar-refractivity contribution in [3.63, 3.8) is 0 Å². The Morgan fingerprint density at radius 3 is 2.43 bits per heavy atom. The zero-order valence-electron chi connectivity index (χ0n) is 19.9. The summed E-state index contributed by atoms with van der Waals surface area (Å²) in [4.78, 5) is 29.5. The van der Waals surface area contributed by atoms with Gasteiger partial charge in [0.05, 0.1) is 18.7 Å². The summed E-state index contributed by atoms with van der Waals surface area (Å²) in [6.07, 6.45) is 0.343. The molecule has 1 aliphatic heterocycles. The van der Waals surface area contributed by atoms with Gasteiger partial charge in [-0.25, -0.2) is 4.39 Å². The Balaban J connectivity index is 1.54. The van der Waals surface area contributed by atoms with Gasteiger partial charge >= 0.3 is 0 Å². The third-order valence-electron chi connectivity index (χ3n) is 5.87. The average molecular weight is 560 g/mol. The highest BCUT2D eigenvalue weighted by Crippen LogP contribution is 2.29. The number of rotatable bonds is 9. The fourth-order valence-electron chi connectivity index (χ4n) is 4.07. The zero-order valence-corrected chi connectivity index (χ0v) is 22.2. The quantitative estimate of drug-likeness (QED) is 0.321. The predicted octanol–water partition coefficient (Wildman–Crippen LogP) is 6.10. The fraction of sp³-hybridized carbons (Fsp3) is 0.222. The van der Waals surface area contributed by atoms with E-state index in [0.717, 1.165) is 5.56 Å². The highest BCUT2D eigenvalue weighted by atomic mass is 35.5. The monoisotopic (exact) mass is 559 g/mol. The van der Waals surface area contributed by atoms with Crippen molar-refractivity contribution in [3.05, 3.63) is 88.2 Å². The number of carbonyl (C=O) groups is 2. The number of hydrogen-bond acceptors (Lipinski definition) is 4. The third-order valence-corrected chi connectivity index (χ3v) is 6.87. The van der Waals surface area contributed by atoms with E-state index in [9.17, 15) is 14.0 Å². The van der Waals surface area contributed by atoms with Crippen molar-refractivity contribution in [2.75, 3.05) is 23.4 Å². The number of hydrogen-bond donors (Lipinski definition) is 1.